The zero-order valence-electron chi connectivity index (χ0n) is 16.5. The third-order valence-electron chi connectivity index (χ3n) is 4.84. The van der Waals surface area contributed by atoms with Gasteiger partial charge in [-0.05, 0) is 24.5 Å². The van der Waals surface area contributed by atoms with Crippen LogP contribution in [0, 0.1) is 5.92 Å². The molecule has 1 aliphatic rings. The van der Waals surface area contributed by atoms with Crippen LogP contribution in [0.15, 0.2) is 23.4 Å². The molecule has 7 nitrogen and oxygen atoms in total. The Bertz CT molecular complexity index is 1100. The third kappa shape index (κ3) is 5.02. The second-order valence-corrected chi connectivity index (χ2v) is 9.41. The van der Waals surface area contributed by atoms with Gasteiger partial charge in [-0.15, -0.1) is 0 Å². The smallest absolute Gasteiger partial charge is 0.320 e. The van der Waals surface area contributed by atoms with Crippen molar-refractivity contribution in [2.45, 2.75) is 49.9 Å². The topological polar surface area (TPSA) is 93.9 Å². The van der Waals surface area contributed by atoms with E-state index in [1.807, 2.05) is 0 Å². The van der Waals surface area contributed by atoms with Crippen LogP contribution in [0.1, 0.15) is 41.5 Å². The normalized spacial score (nSPS) is 16.7. The highest BCUT2D eigenvalue weighted by Crippen LogP contribution is 2.44. The Balaban J connectivity index is 1.99. The van der Waals surface area contributed by atoms with Gasteiger partial charge in [0.15, 0.2) is 14.9 Å². The molecule has 0 radical (unpaired) electrons. The molecule has 1 N–H and O–H groups in total. The van der Waals surface area contributed by atoms with E-state index in [-0.39, 0.29) is 29.4 Å². The first-order valence-electron chi connectivity index (χ1n) is 9.23. The molecule has 2 aromatic heterocycles. The van der Waals surface area contributed by atoms with Gasteiger partial charge in [-0.25, -0.2) is 22.2 Å². The molecule has 3 rings (SSSR count). The first kappa shape index (κ1) is 23.1. The number of hydrogen-bond donors (Lipinski definition) is 1. The van der Waals surface area contributed by atoms with E-state index in [0.717, 1.165) is 23.2 Å². The summed E-state index contributed by atoms with van der Waals surface area (Å²) in [4.78, 5) is 16.5. The average molecular weight is 466 g/mol. The zero-order chi connectivity index (χ0) is 23.2. The van der Waals surface area contributed by atoms with Gasteiger partial charge in [-0.2, -0.15) is 18.3 Å². The van der Waals surface area contributed by atoms with E-state index < -0.39 is 57.9 Å². The van der Waals surface area contributed by atoms with Crippen LogP contribution in [0.2, 0.25) is 0 Å². The van der Waals surface area contributed by atoms with Gasteiger partial charge in [0.2, 0.25) is 5.92 Å². The summed E-state index contributed by atoms with van der Waals surface area (Å²) < 4.78 is 91.7. The minimum atomic E-state index is -4.91. The van der Waals surface area contributed by atoms with E-state index in [1.54, 1.807) is 0 Å². The first-order valence-corrected chi connectivity index (χ1v) is 11.1. The van der Waals surface area contributed by atoms with Crippen molar-refractivity contribution in [3.8, 4) is 0 Å². The van der Waals surface area contributed by atoms with Crippen LogP contribution in [-0.4, -0.2) is 41.3 Å². The molecule has 2 heterocycles. The maximum absolute atomic E-state index is 13.7. The molecule has 0 unspecified atom stereocenters. The number of sulfone groups is 1. The van der Waals surface area contributed by atoms with Crippen molar-refractivity contribution in [2.75, 3.05) is 11.6 Å². The fraction of sp³-hybridized carbons (Fsp3) is 0.500. The quantitative estimate of drug-likeness (QED) is 0.657. The van der Waals surface area contributed by atoms with Gasteiger partial charge in [0, 0.05) is 37.5 Å². The molecule has 0 aromatic carbocycles. The minimum Gasteiger partial charge on any atom is -0.320 e. The van der Waals surface area contributed by atoms with Crippen molar-refractivity contribution < 1.29 is 35.2 Å². The highest BCUT2D eigenvalue weighted by atomic mass is 32.2. The number of carbonyl (C=O) groups excluding carboxylic acids is 1. The van der Waals surface area contributed by atoms with Crippen LogP contribution in [0.3, 0.4) is 0 Å². The summed E-state index contributed by atoms with van der Waals surface area (Å²) in [5.41, 5.74) is -2.52. The van der Waals surface area contributed by atoms with Crippen LogP contribution < -0.4 is 5.32 Å². The lowest BCUT2D eigenvalue weighted by Crippen LogP contribution is -2.38. The fourth-order valence-corrected chi connectivity index (χ4v) is 4.05. The molecule has 0 atom stereocenters. The molecule has 170 valence electrons. The molecule has 0 bridgehead atoms. The Labute approximate surface area is 174 Å². The molecule has 0 saturated heterocycles. The highest BCUT2D eigenvalue weighted by molar-refractivity contribution is 7.90. The number of alkyl halides is 5. The molecule has 1 aliphatic carbocycles. The molecule has 13 heteroatoms. The summed E-state index contributed by atoms with van der Waals surface area (Å²) in [5.74, 6) is -4.68. The van der Waals surface area contributed by atoms with Crippen molar-refractivity contribution in [2.24, 2.45) is 5.92 Å². The van der Waals surface area contributed by atoms with E-state index in [9.17, 15) is 35.2 Å². The Morgan fingerprint density at radius 2 is 1.97 bits per heavy atom. The molecule has 2 aromatic rings. The molecular formula is C18H19F5N4O3S. The number of amides is 1. The van der Waals surface area contributed by atoms with Gasteiger partial charge in [0.1, 0.15) is 11.3 Å². The molecule has 1 fully saturated rings. The van der Waals surface area contributed by atoms with Gasteiger partial charge in [0.05, 0.1) is 5.69 Å². The highest BCUT2D eigenvalue weighted by Gasteiger charge is 2.47. The molecular weight excluding hydrogens is 447 g/mol. The molecule has 1 saturated carbocycles. The molecule has 1 amide bonds. The average Bonchev–Trinajstić information content (AvgIpc) is 2.98. The Morgan fingerprint density at radius 3 is 2.48 bits per heavy atom. The van der Waals surface area contributed by atoms with E-state index in [1.165, 1.54) is 13.0 Å². The van der Waals surface area contributed by atoms with Crippen molar-refractivity contribution in [3.63, 3.8) is 0 Å². The van der Waals surface area contributed by atoms with E-state index in [0.29, 0.717) is 0 Å². The zero-order valence-corrected chi connectivity index (χ0v) is 17.3. The van der Waals surface area contributed by atoms with Gasteiger partial charge < -0.3 is 5.32 Å². The van der Waals surface area contributed by atoms with Crippen molar-refractivity contribution >= 4 is 21.4 Å². The predicted octanol–water partition coefficient (Wildman–Crippen LogP) is 3.56. The monoisotopic (exact) mass is 466 g/mol. The van der Waals surface area contributed by atoms with Gasteiger partial charge in [-0.3, -0.25) is 9.48 Å². The van der Waals surface area contributed by atoms with Crippen LogP contribution in [0.4, 0.5) is 27.6 Å². The lowest BCUT2D eigenvalue weighted by Gasteiger charge is -2.35. The lowest BCUT2D eigenvalue weighted by atomic mass is 9.81. The predicted molar refractivity (Wildman–Crippen MR) is 99.6 cm³/mol. The van der Waals surface area contributed by atoms with Gasteiger partial charge >= 0.3 is 6.18 Å². The Kier molecular flexibility index (Phi) is 5.84. The number of anilines is 1. The molecule has 0 spiro atoms. The van der Waals surface area contributed by atoms with E-state index >= 15 is 0 Å². The van der Waals surface area contributed by atoms with E-state index in [2.05, 4.69) is 15.4 Å². The number of nitrogens with one attached hydrogen (secondary N) is 1. The Morgan fingerprint density at radius 1 is 1.32 bits per heavy atom. The number of rotatable bonds is 6. The number of nitrogens with zero attached hydrogens (tertiary/aromatic N) is 3. The summed E-state index contributed by atoms with van der Waals surface area (Å²) in [7, 11) is -3.72. The van der Waals surface area contributed by atoms with Crippen LogP contribution >= 0.6 is 0 Å². The molecule has 0 aliphatic heterocycles. The number of halogens is 5. The van der Waals surface area contributed by atoms with Gasteiger partial charge in [-0.1, -0.05) is 6.92 Å². The summed E-state index contributed by atoms with van der Waals surface area (Å²) in [5, 5.41) is 5.73. The van der Waals surface area contributed by atoms with Crippen LogP contribution in [-0.2, 0) is 29.0 Å². The molecule has 31 heavy (non-hydrogen) atoms. The van der Waals surface area contributed by atoms with Crippen molar-refractivity contribution in [1.29, 1.82) is 0 Å². The maximum atomic E-state index is 13.7. The van der Waals surface area contributed by atoms with Crippen molar-refractivity contribution in [1.82, 2.24) is 14.8 Å². The summed E-state index contributed by atoms with van der Waals surface area (Å²) in [6.07, 6.45) is -4.06. The first-order chi connectivity index (χ1) is 14.2. The minimum absolute atomic E-state index is 0.0884. The lowest BCUT2D eigenvalue weighted by molar-refractivity contribution is -0.138. The van der Waals surface area contributed by atoms with Crippen LogP contribution in [0.5, 0.6) is 0 Å². The SMILES string of the molecule is CCc1nn(CC2CC(F)(F)C2)c(C(=O)Nc2ccnc(S(C)(=O)=O)c2)c1C(F)(F)F. The van der Waals surface area contributed by atoms with Crippen LogP contribution in [0.25, 0.3) is 0 Å². The van der Waals surface area contributed by atoms with E-state index in [4.69, 9.17) is 0 Å². The maximum Gasteiger partial charge on any atom is 0.420 e. The number of hydrogen-bond acceptors (Lipinski definition) is 5. The number of carbonyl (C=O) groups is 1. The second kappa shape index (κ2) is 7.84. The number of pyridine rings is 1. The summed E-state index contributed by atoms with van der Waals surface area (Å²) in [6.45, 7) is 1.16. The third-order valence-corrected chi connectivity index (χ3v) is 5.82. The summed E-state index contributed by atoms with van der Waals surface area (Å²) >= 11 is 0. The number of aryl methyl sites for hydroxylation is 1. The standard InChI is InChI=1S/C18H19F5N4O3S/c1-3-12-14(18(21,22)23)15(27(26-12)9-10-7-17(19,20)8-10)16(28)25-11-4-5-24-13(6-11)31(2,29)30/h4-6,10H,3,7-9H2,1-2H3,(H,24,25,28). The summed E-state index contributed by atoms with van der Waals surface area (Å²) in [6, 6.07) is 2.22. The number of aromatic nitrogens is 3. The fourth-order valence-electron chi connectivity index (χ4n) is 3.46. The van der Waals surface area contributed by atoms with Crippen molar-refractivity contribution in [3.05, 3.63) is 35.3 Å². The largest absolute Gasteiger partial charge is 0.420 e. The second-order valence-electron chi connectivity index (χ2n) is 7.44. The van der Waals surface area contributed by atoms with Gasteiger partial charge in [0.25, 0.3) is 5.91 Å². The Hall–Kier alpha value is -2.57.